The van der Waals surface area contributed by atoms with Gasteiger partial charge in [0.25, 0.3) is 5.56 Å². The minimum absolute atomic E-state index is 0.0381. The van der Waals surface area contributed by atoms with Crippen LogP contribution in [0.5, 0.6) is 17.2 Å². The second-order valence-electron chi connectivity index (χ2n) is 6.45. The van der Waals surface area contributed by atoms with Crippen molar-refractivity contribution in [3.63, 3.8) is 0 Å². The number of hydrogen-bond acceptors (Lipinski definition) is 6. The predicted molar refractivity (Wildman–Crippen MR) is 94.9 cm³/mol. The van der Waals surface area contributed by atoms with Gasteiger partial charge in [-0.3, -0.25) is 4.79 Å². The number of fused-ring (bicyclic) bond motifs is 1. The van der Waals surface area contributed by atoms with E-state index in [1.807, 2.05) is 0 Å². The summed E-state index contributed by atoms with van der Waals surface area (Å²) in [6.45, 7) is 2.98. The molecule has 1 aromatic heterocycles. The van der Waals surface area contributed by atoms with Crippen molar-refractivity contribution in [2.45, 2.75) is 32.0 Å². The fourth-order valence-corrected chi connectivity index (χ4v) is 2.85. The highest BCUT2D eigenvalue weighted by atomic mass is 16.5. The smallest absolute Gasteiger partial charge is 0.257 e. The number of benzene rings is 1. The van der Waals surface area contributed by atoms with E-state index in [1.54, 1.807) is 19.2 Å². The van der Waals surface area contributed by atoms with Gasteiger partial charge < -0.3 is 29.0 Å². The molecule has 0 bridgehead atoms. The number of nitrogens with zero attached hydrogens (tertiary/aromatic N) is 1. The Morgan fingerprint density at radius 3 is 2.20 bits per heavy atom. The maximum absolute atomic E-state index is 12.9. The van der Waals surface area contributed by atoms with Crippen molar-refractivity contribution in [2.24, 2.45) is 7.05 Å². The monoisotopic (exact) mass is 351 g/mol. The lowest BCUT2D eigenvalue weighted by molar-refractivity contribution is -0.0472. The fraction of sp³-hybridized carbons (Fsp3) is 0.500. The zero-order chi connectivity index (χ0) is 18.9. The van der Waals surface area contributed by atoms with Crippen LogP contribution in [0.3, 0.4) is 0 Å². The molecule has 2 N–H and O–H groups in total. The maximum Gasteiger partial charge on any atom is 0.257 e. The Labute approximate surface area is 146 Å². The van der Waals surface area contributed by atoms with Crippen LogP contribution in [0.15, 0.2) is 16.9 Å². The zero-order valence-corrected chi connectivity index (χ0v) is 15.4. The van der Waals surface area contributed by atoms with Crippen molar-refractivity contribution >= 4 is 10.9 Å². The van der Waals surface area contributed by atoms with Gasteiger partial charge in [0.1, 0.15) is 11.3 Å². The molecule has 7 heteroatoms. The Bertz CT molecular complexity index is 834. The van der Waals surface area contributed by atoms with Crippen molar-refractivity contribution in [3.8, 4) is 17.2 Å². The first kappa shape index (κ1) is 19.1. The van der Waals surface area contributed by atoms with E-state index in [0.717, 1.165) is 0 Å². The molecule has 0 amide bonds. The number of aromatic nitrogens is 1. The molecule has 0 saturated heterocycles. The Kier molecular flexibility index (Phi) is 5.29. The molecule has 1 heterocycles. The number of ether oxygens (including phenoxy) is 3. The number of pyridine rings is 1. The molecule has 0 aliphatic heterocycles. The minimum Gasteiger partial charge on any atom is -0.496 e. The van der Waals surface area contributed by atoms with Gasteiger partial charge in [-0.2, -0.15) is 0 Å². The highest BCUT2D eigenvalue weighted by Crippen LogP contribution is 2.39. The summed E-state index contributed by atoms with van der Waals surface area (Å²) in [5, 5.41) is 20.9. The summed E-state index contributed by atoms with van der Waals surface area (Å²) in [6, 6.07) is 3.50. The van der Waals surface area contributed by atoms with Crippen LogP contribution in [-0.2, 0) is 13.5 Å². The van der Waals surface area contributed by atoms with Crippen LogP contribution in [0.25, 0.3) is 10.9 Å². The Morgan fingerprint density at radius 1 is 1.12 bits per heavy atom. The van der Waals surface area contributed by atoms with Gasteiger partial charge in [0.2, 0.25) is 0 Å². The standard InChI is InChI=1S/C18H25NO6/c1-18(2,22)13(20)9-11-15(24-5)10-7-8-12(23-4)16(25-6)14(10)19(3)17(11)21/h7-8,13,20,22H,9H2,1-6H3/t13-/m0/s1. The largest absolute Gasteiger partial charge is 0.496 e. The van der Waals surface area contributed by atoms with E-state index in [1.165, 1.54) is 39.7 Å². The third-order valence-electron chi connectivity index (χ3n) is 4.35. The number of hydrogen-bond donors (Lipinski definition) is 2. The Morgan fingerprint density at radius 2 is 1.72 bits per heavy atom. The van der Waals surface area contributed by atoms with Crippen LogP contribution < -0.4 is 19.8 Å². The first-order valence-electron chi connectivity index (χ1n) is 7.88. The maximum atomic E-state index is 12.9. The number of aliphatic hydroxyl groups excluding tert-OH is 1. The van der Waals surface area contributed by atoms with Crippen molar-refractivity contribution in [3.05, 3.63) is 28.0 Å². The van der Waals surface area contributed by atoms with Crippen LogP contribution in [0, 0.1) is 0 Å². The second-order valence-corrected chi connectivity index (χ2v) is 6.45. The summed E-state index contributed by atoms with van der Waals surface area (Å²) in [5.74, 6) is 1.27. The highest BCUT2D eigenvalue weighted by molar-refractivity contribution is 5.93. The lowest BCUT2D eigenvalue weighted by Gasteiger charge is -2.25. The van der Waals surface area contributed by atoms with Gasteiger partial charge in [-0.05, 0) is 26.0 Å². The fourth-order valence-electron chi connectivity index (χ4n) is 2.85. The van der Waals surface area contributed by atoms with Gasteiger partial charge in [-0.15, -0.1) is 0 Å². The molecule has 7 nitrogen and oxygen atoms in total. The molecular formula is C18H25NO6. The number of rotatable bonds is 6. The van der Waals surface area contributed by atoms with Crippen molar-refractivity contribution < 1.29 is 24.4 Å². The van der Waals surface area contributed by atoms with Crippen LogP contribution in [0.2, 0.25) is 0 Å². The summed E-state index contributed by atoms with van der Waals surface area (Å²) in [5.41, 5.74) is -0.855. The summed E-state index contributed by atoms with van der Waals surface area (Å²) in [6.07, 6.45) is -1.16. The van der Waals surface area contributed by atoms with Crippen molar-refractivity contribution in [2.75, 3.05) is 21.3 Å². The van der Waals surface area contributed by atoms with Crippen LogP contribution in [-0.4, -0.2) is 47.8 Å². The molecule has 0 aliphatic carbocycles. The molecule has 0 saturated carbocycles. The molecule has 0 aliphatic rings. The summed E-state index contributed by atoms with van der Waals surface area (Å²) < 4.78 is 17.6. The molecular weight excluding hydrogens is 326 g/mol. The number of aliphatic hydroxyl groups is 2. The van der Waals surface area contributed by atoms with Gasteiger partial charge in [0.05, 0.1) is 38.6 Å². The van der Waals surface area contributed by atoms with Crippen molar-refractivity contribution in [1.29, 1.82) is 0 Å². The first-order valence-corrected chi connectivity index (χ1v) is 7.88. The van der Waals surface area contributed by atoms with E-state index >= 15 is 0 Å². The molecule has 0 fully saturated rings. The molecule has 2 rings (SSSR count). The number of methoxy groups -OCH3 is 3. The molecule has 25 heavy (non-hydrogen) atoms. The molecule has 0 radical (unpaired) electrons. The third kappa shape index (κ3) is 3.29. The molecule has 2 aromatic rings. The third-order valence-corrected chi connectivity index (χ3v) is 4.35. The van der Waals surface area contributed by atoms with E-state index in [0.29, 0.717) is 33.7 Å². The topological polar surface area (TPSA) is 90.2 Å². The molecule has 138 valence electrons. The van der Waals surface area contributed by atoms with Crippen molar-refractivity contribution in [1.82, 2.24) is 4.57 Å². The zero-order valence-electron chi connectivity index (χ0n) is 15.4. The number of aryl methyl sites for hydroxylation is 1. The van der Waals surface area contributed by atoms with E-state index in [4.69, 9.17) is 14.2 Å². The van der Waals surface area contributed by atoms with Crippen LogP contribution >= 0.6 is 0 Å². The average molecular weight is 351 g/mol. The van der Waals surface area contributed by atoms with Gasteiger partial charge in [0.15, 0.2) is 11.5 Å². The highest BCUT2D eigenvalue weighted by Gasteiger charge is 2.29. The Hall–Kier alpha value is -2.25. The summed E-state index contributed by atoms with van der Waals surface area (Å²) in [4.78, 5) is 12.9. The second kappa shape index (κ2) is 6.93. The molecule has 0 unspecified atom stereocenters. The lowest BCUT2D eigenvalue weighted by Crippen LogP contribution is -2.39. The molecule has 0 spiro atoms. The average Bonchev–Trinajstić information content (AvgIpc) is 2.57. The molecule has 1 atom stereocenters. The lowest BCUT2D eigenvalue weighted by atomic mass is 9.94. The predicted octanol–water partition coefficient (Wildman–Crippen LogP) is 1.24. The van der Waals surface area contributed by atoms with Crippen LogP contribution in [0.4, 0.5) is 0 Å². The Balaban J connectivity index is 2.83. The summed E-state index contributed by atoms with van der Waals surface area (Å²) in [7, 11) is 6.10. The minimum atomic E-state index is -1.34. The van der Waals surface area contributed by atoms with Gasteiger partial charge >= 0.3 is 0 Å². The van der Waals surface area contributed by atoms with E-state index in [2.05, 4.69) is 0 Å². The van der Waals surface area contributed by atoms with E-state index < -0.39 is 11.7 Å². The molecule has 1 aromatic carbocycles. The van der Waals surface area contributed by atoms with Gasteiger partial charge in [-0.1, -0.05) is 0 Å². The van der Waals surface area contributed by atoms with Gasteiger partial charge in [0, 0.05) is 18.9 Å². The van der Waals surface area contributed by atoms with Crippen LogP contribution in [0.1, 0.15) is 19.4 Å². The van der Waals surface area contributed by atoms with E-state index in [-0.39, 0.29) is 12.0 Å². The SMILES string of the molecule is COc1ccc2c(OC)c(C[C@H](O)C(C)(C)O)c(=O)n(C)c2c1OC. The van der Waals surface area contributed by atoms with Gasteiger partial charge in [-0.25, -0.2) is 0 Å². The quantitative estimate of drug-likeness (QED) is 0.814. The van der Waals surface area contributed by atoms with E-state index in [9.17, 15) is 15.0 Å². The normalized spacial score (nSPS) is 13.0. The summed E-state index contributed by atoms with van der Waals surface area (Å²) >= 11 is 0. The first-order chi connectivity index (χ1) is 11.7.